The average Bonchev–Trinajstić information content (AvgIpc) is 3.01. The van der Waals surface area contributed by atoms with Gasteiger partial charge in [-0.3, -0.25) is 9.59 Å². The van der Waals surface area contributed by atoms with Gasteiger partial charge in [0.1, 0.15) is 6.10 Å². The van der Waals surface area contributed by atoms with Gasteiger partial charge in [-0.15, -0.1) is 0 Å². The van der Waals surface area contributed by atoms with Crippen molar-refractivity contribution >= 4 is 11.9 Å². The van der Waals surface area contributed by atoms with E-state index in [0.717, 1.165) is 89.9 Å². The molecule has 0 bridgehead atoms. The Hall–Kier alpha value is -2.10. The molecule has 1 N–H and O–H groups in total. The number of hydrogen-bond donors (Lipinski definition) is 1. The summed E-state index contributed by atoms with van der Waals surface area (Å²) in [6, 6.07) is 0. The molecular formula is C40H70O4. The summed E-state index contributed by atoms with van der Waals surface area (Å²) in [5, 5.41) is 8.76. The lowest BCUT2D eigenvalue weighted by molar-refractivity contribution is -0.150. The number of esters is 1. The molecule has 1 atom stereocenters. The molecule has 0 heterocycles. The molecule has 4 heteroatoms. The van der Waals surface area contributed by atoms with Crippen molar-refractivity contribution in [2.45, 2.75) is 193 Å². The first kappa shape index (κ1) is 41.9. The lowest BCUT2D eigenvalue weighted by atomic mass is 10.0. The molecule has 0 saturated carbocycles. The molecule has 0 saturated heterocycles. The zero-order chi connectivity index (χ0) is 32.2. The van der Waals surface area contributed by atoms with E-state index in [9.17, 15) is 9.59 Å². The van der Waals surface area contributed by atoms with Gasteiger partial charge in [0, 0.05) is 12.8 Å². The van der Waals surface area contributed by atoms with Crippen LogP contribution in [0.1, 0.15) is 187 Å². The van der Waals surface area contributed by atoms with Crippen LogP contribution in [0.15, 0.2) is 48.6 Å². The zero-order valence-electron chi connectivity index (χ0n) is 29.0. The molecule has 254 valence electrons. The summed E-state index contributed by atoms with van der Waals surface area (Å²) >= 11 is 0. The van der Waals surface area contributed by atoms with Gasteiger partial charge in [-0.2, -0.15) is 0 Å². The van der Waals surface area contributed by atoms with Crippen LogP contribution in [0.3, 0.4) is 0 Å². The van der Waals surface area contributed by atoms with Crippen molar-refractivity contribution in [3.05, 3.63) is 48.6 Å². The van der Waals surface area contributed by atoms with E-state index in [-0.39, 0.29) is 18.5 Å². The van der Waals surface area contributed by atoms with Gasteiger partial charge in [-0.05, 0) is 77.0 Å². The maximum absolute atomic E-state index is 12.6. The normalized spacial score (nSPS) is 12.8. The van der Waals surface area contributed by atoms with E-state index in [0.29, 0.717) is 6.42 Å². The molecule has 1 unspecified atom stereocenters. The standard InChI is InChI=1S/C40H70O4/c1-3-5-7-9-11-13-14-15-16-17-18-19-20-21-23-29-33-37-40(43)44-38(34-30-26-22-12-10-8-6-4-2)35-31-27-24-25-28-32-36-39(41)42/h11,13,15-16,18-19,21,23,38H,3-10,12,14,17,20,22,24-37H2,1-2H3,(H,41,42)/b13-11-,16-15-,19-18-,23-21-. The Balaban J connectivity index is 4.13. The number of unbranched alkanes of at least 4 members (excludes halogenated alkanes) is 16. The van der Waals surface area contributed by atoms with E-state index in [2.05, 4.69) is 62.5 Å². The number of hydrogen-bond acceptors (Lipinski definition) is 3. The van der Waals surface area contributed by atoms with Crippen LogP contribution in [-0.2, 0) is 14.3 Å². The van der Waals surface area contributed by atoms with Gasteiger partial charge in [0.25, 0.3) is 0 Å². The van der Waals surface area contributed by atoms with Crippen LogP contribution >= 0.6 is 0 Å². The molecule has 0 fully saturated rings. The van der Waals surface area contributed by atoms with Crippen LogP contribution in [0.25, 0.3) is 0 Å². The molecule has 0 aromatic carbocycles. The molecule has 0 spiro atoms. The Labute approximate surface area is 272 Å². The first-order valence-corrected chi connectivity index (χ1v) is 18.6. The summed E-state index contributed by atoms with van der Waals surface area (Å²) in [7, 11) is 0. The van der Waals surface area contributed by atoms with Crippen LogP contribution < -0.4 is 0 Å². The summed E-state index contributed by atoms with van der Waals surface area (Å²) in [6.07, 6.45) is 46.9. The van der Waals surface area contributed by atoms with Gasteiger partial charge in [0.2, 0.25) is 0 Å². The minimum atomic E-state index is -0.699. The Bertz CT molecular complexity index is 748. The average molecular weight is 615 g/mol. The number of aliphatic carboxylic acids is 1. The summed E-state index contributed by atoms with van der Waals surface area (Å²) in [5.41, 5.74) is 0. The fraction of sp³-hybridized carbons (Fsp3) is 0.750. The zero-order valence-corrected chi connectivity index (χ0v) is 29.0. The van der Waals surface area contributed by atoms with Gasteiger partial charge < -0.3 is 9.84 Å². The van der Waals surface area contributed by atoms with Gasteiger partial charge >= 0.3 is 11.9 Å². The van der Waals surface area contributed by atoms with E-state index in [4.69, 9.17) is 9.84 Å². The second-order valence-electron chi connectivity index (χ2n) is 12.4. The molecular weight excluding hydrogens is 544 g/mol. The highest BCUT2D eigenvalue weighted by atomic mass is 16.5. The van der Waals surface area contributed by atoms with Crippen molar-refractivity contribution < 1.29 is 19.4 Å². The molecule has 0 aliphatic heterocycles. The maximum atomic E-state index is 12.6. The van der Waals surface area contributed by atoms with Crippen molar-refractivity contribution in [3.8, 4) is 0 Å². The number of carbonyl (C=O) groups is 2. The minimum Gasteiger partial charge on any atom is -0.481 e. The third-order valence-corrected chi connectivity index (χ3v) is 8.05. The van der Waals surface area contributed by atoms with Crippen LogP contribution in [0, 0.1) is 0 Å². The highest BCUT2D eigenvalue weighted by Crippen LogP contribution is 2.18. The Morgan fingerprint density at radius 3 is 1.41 bits per heavy atom. The van der Waals surface area contributed by atoms with Crippen molar-refractivity contribution in [1.29, 1.82) is 0 Å². The molecule has 4 nitrogen and oxygen atoms in total. The highest BCUT2D eigenvalue weighted by Gasteiger charge is 2.14. The molecule has 0 aromatic rings. The number of allylic oxidation sites excluding steroid dienone is 8. The van der Waals surface area contributed by atoms with E-state index >= 15 is 0 Å². The van der Waals surface area contributed by atoms with E-state index in [1.807, 2.05) is 0 Å². The molecule has 0 aliphatic rings. The van der Waals surface area contributed by atoms with Crippen LogP contribution in [0.5, 0.6) is 0 Å². The summed E-state index contributed by atoms with van der Waals surface area (Å²) in [4.78, 5) is 23.2. The summed E-state index contributed by atoms with van der Waals surface area (Å²) in [6.45, 7) is 4.50. The number of carbonyl (C=O) groups excluding carboxylic acids is 1. The van der Waals surface area contributed by atoms with E-state index in [1.54, 1.807) is 0 Å². The maximum Gasteiger partial charge on any atom is 0.306 e. The van der Waals surface area contributed by atoms with Crippen LogP contribution in [0.4, 0.5) is 0 Å². The van der Waals surface area contributed by atoms with Crippen molar-refractivity contribution in [2.75, 3.05) is 0 Å². The Kier molecular flexibility index (Phi) is 33.7. The lowest BCUT2D eigenvalue weighted by Crippen LogP contribution is -2.18. The topological polar surface area (TPSA) is 63.6 Å². The van der Waals surface area contributed by atoms with Crippen LogP contribution in [0.2, 0.25) is 0 Å². The van der Waals surface area contributed by atoms with Crippen molar-refractivity contribution in [1.82, 2.24) is 0 Å². The van der Waals surface area contributed by atoms with Crippen LogP contribution in [-0.4, -0.2) is 23.1 Å². The number of carboxylic acids is 1. The smallest absolute Gasteiger partial charge is 0.306 e. The second kappa shape index (κ2) is 35.4. The van der Waals surface area contributed by atoms with Gasteiger partial charge in [0.15, 0.2) is 0 Å². The summed E-state index contributed by atoms with van der Waals surface area (Å²) in [5.74, 6) is -0.742. The van der Waals surface area contributed by atoms with E-state index < -0.39 is 5.97 Å². The molecule has 0 amide bonds. The first-order chi connectivity index (χ1) is 21.6. The molecule has 0 rings (SSSR count). The number of ether oxygens (including phenoxy) is 1. The second-order valence-corrected chi connectivity index (χ2v) is 12.4. The lowest BCUT2D eigenvalue weighted by Gasteiger charge is -2.18. The number of carboxylic acid groups (broad SMARTS) is 1. The molecule has 0 aliphatic carbocycles. The largest absolute Gasteiger partial charge is 0.481 e. The third kappa shape index (κ3) is 34.4. The van der Waals surface area contributed by atoms with Crippen molar-refractivity contribution in [3.63, 3.8) is 0 Å². The first-order valence-electron chi connectivity index (χ1n) is 18.6. The Morgan fingerprint density at radius 2 is 0.909 bits per heavy atom. The quantitative estimate of drug-likeness (QED) is 0.0454. The molecule has 0 radical (unpaired) electrons. The Morgan fingerprint density at radius 1 is 0.500 bits per heavy atom. The summed E-state index contributed by atoms with van der Waals surface area (Å²) < 4.78 is 5.96. The van der Waals surface area contributed by atoms with Gasteiger partial charge in [0.05, 0.1) is 0 Å². The monoisotopic (exact) mass is 615 g/mol. The van der Waals surface area contributed by atoms with Gasteiger partial charge in [-0.25, -0.2) is 0 Å². The fourth-order valence-corrected chi connectivity index (χ4v) is 5.29. The molecule has 0 aromatic heterocycles. The van der Waals surface area contributed by atoms with Gasteiger partial charge in [-0.1, -0.05) is 146 Å². The number of rotatable bonds is 33. The highest BCUT2D eigenvalue weighted by molar-refractivity contribution is 5.69. The molecule has 44 heavy (non-hydrogen) atoms. The van der Waals surface area contributed by atoms with E-state index in [1.165, 1.54) is 70.6 Å². The third-order valence-electron chi connectivity index (χ3n) is 8.05. The fourth-order valence-electron chi connectivity index (χ4n) is 5.29. The SMILES string of the molecule is CCCCC/C=C\C/C=C\C/C=C\C/C=C\CCCC(=O)OC(CCCCCCCCCC)CCCCCCCCC(=O)O. The van der Waals surface area contributed by atoms with Crippen molar-refractivity contribution in [2.24, 2.45) is 0 Å². The predicted molar refractivity (Wildman–Crippen MR) is 190 cm³/mol. The predicted octanol–water partition coefficient (Wildman–Crippen LogP) is 12.8. The minimum absolute atomic E-state index is 0.0425.